The zero-order valence-corrected chi connectivity index (χ0v) is 18.4. The van der Waals surface area contributed by atoms with Crippen LogP contribution in [0.3, 0.4) is 0 Å². The van der Waals surface area contributed by atoms with Gasteiger partial charge in [-0.2, -0.15) is 5.10 Å². The average molecular weight is 401 g/mol. The number of aromatic nitrogens is 2. The molecule has 29 heavy (non-hydrogen) atoms. The highest BCUT2D eigenvalue weighted by molar-refractivity contribution is 6.01. The van der Waals surface area contributed by atoms with Gasteiger partial charge in [-0.05, 0) is 64.8 Å². The molecule has 0 saturated carbocycles. The van der Waals surface area contributed by atoms with Gasteiger partial charge < -0.3 is 15.4 Å². The molecule has 0 aliphatic carbocycles. The SMILES string of the molecule is CCOc1ccc(C(=O)NC(C(=O)Nc2cc(C)nn2C(C)(C)C)C(C)C)cc1. The number of aryl methyl sites for hydroxylation is 1. The molecule has 0 radical (unpaired) electrons. The van der Waals surface area contributed by atoms with Gasteiger partial charge in [0, 0.05) is 11.6 Å². The van der Waals surface area contributed by atoms with E-state index in [1.165, 1.54) is 0 Å². The molecule has 0 aliphatic heterocycles. The number of carbonyl (C=O) groups excluding carboxylic acids is 2. The van der Waals surface area contributed by atoms with Gasteiger partial charge in [-0.15, -0.1) is 0 Å². The van der Waals surface area contributed by atoms with Gasteiger partial charge in [-0.3, -0.25) is 9.59 Å². The molecular weight excluding hydrogens is 368 g/mol. The fraction of sp³-hybridized carbons (Fsp3) is 0.500. The first-order chi connectivity index (χ1) is 13.5. The summed E-state index contributed by atoms with van der Waals surface area (Å²) in [5.74, 6) is 0.648. The minimum atomic E-state index is -0.683. The number of rotatable bonds is 7. The molecule has 158 valence electrons. The van der Waals surface area contributed by atoms with Crippen LogP contribution < -0.4 is 15.4 Å². The van der Waals surface area contributed by atoms with Crippen molar-refractivity contribution < 1.29 is 14.3 Å². The fourth-order valence-corrected chi connectivity index (χ4v) is 2.93. The van der Waals surface area contributed by atoms with Crippen molar-refractivity contribution in [2.75, 3.05) is 11.9 Å². The maximum Gasteiger partial charge on any atom is 0.251 e. The highest BCUT2D eigenvalue weighted by atomic mass is 16.5. The van der Waals surface area contributed by atoms with Gasteiger partial charge in [0.1, 0.15) is 17.6 Å². The van der Waals surface area contributed by atoms with E-state index in [2.05, 4.69) is 15.7 Å². The Morgan fingerprint density at radius 2 is 1.79 bits per heavy atom. The van der Waals surface area contributed by atoms with Crippen LogP contribution in [0.25, 0.3) is 0 Å². The summed E-state index contributed by atoms with van der Waals surface area (Å²) in [4.78, 5) is 25.6. The Kier molecular flexibility index (Phi) is 7.06. The summed E-state index contributed by atoms with van der Waals surface area (Å²) in [7, 11) is 0. The second kappa shape index (κ2) is 9.11. The number of carbonyl (C=O) groups is 2. The standard InChI is InChI=1S/C22H32N4O3/c1-8-29-17-11-9-16(10-12-17)20(27)24-19(14(2)3)21(28)23-18-13-15(4)25-26(18)22(5,6)7/h9-14,19H,8H2,1-7H3,(H,23,28)(H,24,27). The molecule has 2 aromatic rings. The second-order valence-electron chi connectivity index (χ2n) is 8.40. The van der Waals surface area contributed by atoms with Crippen molar-refractivity contribution in [1.29, 1.82) is 0 Å². The van der Waals surface area contributed by atoms with Gasteiger partial charge in [0.2, 0.25) is 5.91 Å². The van der Waals surface area contributed by atoms with Crippen LogP contribution >= 0.6 is 0 Å². The smallest absolute Gasteiger partial charge is 0.251 e. The third kappa shape index (κ3) is 5.82. The quantitative estimate of drug-likeness (QED) is 0.741. The molecular formula is C22H32N4O3. The second-order valence-corrected chi connectivity index (χ2v) is 8.40. The van der Waals surface area contributed by atoms with Crippen LogP contribution in [0.5, 0.6) is 5.75 Å². The van der Waals surface area contributed by atoms with E-state index in [0.29, 0.717) is 23.7 Å². The van der Waals surface area contributed by atoms with E-state index in [0.717, 1.165) is 5.69 Å². The highest BCUT2D eigenvalue weighted by Crippen LogP contribution is 2.22. The maximum absolute atomic E-state index is 13.0. The molecule has 1 aromatic carbocycles. The zero-order chi connectivity index (χ0) is 21.8. The molecule has 1 heterocycles. The normalized spacial score (nSPS) is 12.6. The van der Waals surface area contributed by atoms with E-state index in [1.807, 2.05) is 54.5 Å². The summed E-state index contributed by atoms with van der Waals surface area (Å²) in [5, 5.41) is 10.3. The topological polar surface area (TPSA) is 85.2 Å². The lowest BCUT2D eigenvalue weighted by atomic mass is 10.0. The first-order valence-electron chi connectivity index (χ1n) is 9.94. The van der Waals surface area contributed by atoms with Crippen molar-refractivity contribution in [3.8, 4) is 5.75 Å². The minimum Gasteiger partial charge on any atom is -0.494 e. The van der Waals surface area contributed by atoms with Gasteiger partial charge in [0.05, 0.1) is 17.8 Å². The summed E-state index contributed by atoms with van der Waals surface area (Å²) in [6, 6.07) is 8.01. The van der Waals surface area contributed by atoms with Crippen LogP contribution in [0.4, 0.5) is 5.82 Å². The molecule has 0 fully saturated rings. The van der Waals surface area contributed by atoms with Gasteiger partial charge in [-0.25, -0.2) is 4.68 Å². The molecule has 1 unspecified atom stereocenters. The predicted molar refractivity (Wildman–Crippen MR) is 114 cm³/mol. The van der Waals surface area contributed by atoms with Crippen molar-refractivity contribution in [3.05, 3.63) is 41.6 Å². The number of ether oxygens (including phenoxy) is 1. The molecule has 7 heteroatoms. The van der Waals surface area contributed by atoms with Crippen molar-refractivity contribution in [2.45, 2.75) is 60.0 Å². The molecule has 1 aromatic heterocycles. The summed E-state index contributed by atoms with van der Waals surface area (Å²) in [6.07, 6.45) is 0. The largest absolute Gasteiger partial charge is 0.494 e. The number of anilines is 1. The molecule has 0 bridgehead atoms. The Morgan fingerprint density at radius 3 is 2.31 bits per heavy atom. The van der Waals surface area contributed by atoms with Crippen molar-refractivity contribution in [2.24, 2.45) is 5.92 Å². The lowest BCUT2D eigenvalue weighted by Crippen LogP contribution is -2.47. The number of benzene rings is 1. The first-order valence-corrected chi connectivity index (χ1v) is 9.94. The lowest BCUT2D eigenvalue weighted by Gasteiger charge is -2.25. The predicted octanol–water partition coefficient (Wildman–Crippen LogP) is 3.74. The molecule has 0 aliphatic rings. The molecule has 0 spiro atoms. The molecule has 2 N–H and O–H groups in total. The number of hydrogen-bond donors (Lipinski definition) is 2. The Balaban J connectivity index is 2.15. The van der Waals surface area contributed by atoms with E-state index in [1.54, 1.807) is 28.9 Å². The average Bonchev–Trinajstić information content (AvgIpc) is 3.00. The minimum absolute atomic E-state index is 0.0891. The maximum atomic E-state index is 13.0. The van der Waals surface area contributed by atoms with E-state index in [-0.39, 0.29) is 23.3 Å². The van der Waals surface area contributed by atoms with Crippen LogP contribution in [-0.2, 0) is 10.3 Å². The Bertz CT molecular complexity index is 848. The number of hydrogen-bond acceptors (Lipinski definition) is 4. The van der Waals surface area contributed by atoms with Crippen LogP contribution in [0.15, 0.2) is 30.3 Å². The van der Waals surface area contributed by atoms with E-state index < -0.39 is 6.04 Å². The third-order valence-corrected chi connectivity index (χ3v) is 4.38. The first kappa shape index (κ1) is 22.5. The summed E-state index contributed by atoms with van der Waals surface area (Å²) in [6.45, 7) is 14.2. The molecule has 1 atom stereocenters. The van der Waals surface area contributed by atoms with Gasteiger partial charge in [0.25, 0.3) is 5.91 Å². The molecule has 2 amide bonds. The van der Waals surface area contributed by atoms with E-state index in [4.69, 9.17) is 4.74 Å². The monoisotopic (exact) mass is 400 g/mol. The Labute approximate surface area is 172 Å². The molecule has 7 nitrogen and oxygen atoms in total. The van der Waals surface area contributed by atoms with Crippen molar-refractivity contribution in [3.63, 3.8) is 0 Å². The van der Waals surface area contributed by atoms with Crippen molar-refractivity contribution in [1.82, 2.24) is 15.1 Å². The summed E-state index contributed by atoms with van der Waals surface area (Å²) >= 11 is 0. The molecule has 2 rings (SSSR count). The van der Waals surface area contributed by atoms with Gasteiger partial charge in [0.15, 0.2) is 0 Å². The Morgan fingerprint density at radius 1 is 1.17 bits per heavy atom. The van der Waals surface area contributed by atoms with Gasteiger partial charge in [-0.1, -0.05) is 13.8 Å². The van der Waals surface area contributed by atoms with Crippen LogP contribution in [0, 0.1) is 12.8 Å². The van der Waals surface area contributed by atoms with Crippen LogP contribution in [0.2, 0.25) is 0 Å². The van der Waals surface area contributed by atoms with E-state index in [9.17, 15) is 9.59 Å². The Hall–Kier alpha value is -2.83. The number of nitrogens with zero attached hydrogens (tertiary/aromatic N) is 2. The highest BCUT2D eigenvalue weighted by Gasteiger charge is 2.27. The summed E-state index contributed by atoms with van der Waals surface area (Å²) < 4.78 is 7.18. The third-order valence-electron chi connectivity index (χ3n) is 4.38. The number of nitrogens with one attached hydrogen (secondary N) is 2. The molecule has 0 saturated heterocycles. The van der Waals surface area contributed by atoms with Crippen molar-refractivity contribution >= 4 is 17.6 Å². The van der Waals surface area contributed by atoms with Gasteiger partial charge >= 0.3 is 0 Å². The van der Waals surface area contributed by atoms with E-state index >= 15 is 0 Å². The lowest BCUT2D eigenvalue weighted by molar-refractivity contribution is -0.118. The van der Waals surface area contributed by atoms with Crippen LogP contribution in [0.1, 0.15) is 57.6 Å². The summed E-state index contributed by atoms with van der Waals surface area (Å²) in [5.41, 5.74) is 1.01. The van der Waals surface area contributed by atoms with Crippen LogP contribution in [-0.4, -0.2) is 34.2 Å². The number of amides is 2. The fourth-order valence-electron chi connectivity index (χ4n) is 2.93. The zero-order valence-electron chi connectivity index (χ0n) is 18.4.